The van der Waals surface area contributed by atoms with E-state index in [1.165, 1.54) is 25.3 Å². The van der Waals surface area contributed by atoms with Crippen molar-refractivity contribution in [2.24, 2.45) is 0 Å². The van der Waals surface area contributed by atoms with E-state index in [4.69, 9.17) is 9.47 Å². The molecule has 2 N–H and O–H groups in total. The molecule has 4 rings (SSSR count). The second kappa shape index (κ2) is 8.45. The number of benzene rings is 3. The van der Waals surface area contributed by atoms with Crippen molar-refractivity contribution in [3.8, 4) is 17.2 Å². The normalized spacial score (nSPS) is 12.0. The van der Waals surface area contributed by atoms with Gasteiger partial charge in [-0.1, -0.05) is 12.1 Å². The van der Waals surface area contributed by atoms with Crippen LogP contribution in [0, 0.1) is 0 Å². The number of halogens is 3. The van der Waals surface area contributed by atoms with Crippen LogP contribution in [0.4, 0.5) is 18.9 Å². The van der Waals surface area contributed by atoms with Crippen molar-refractivity contribution < 1.29 is 31.1 Å². The van der Waals surface area contributed by atoms with Gasteiger partial charge in [-0.15, -0.1) is 0 Å². The Balaban J connectivity index is 1.78. The third kappa shape index (κ3) is 4.66. The van der Waals surface area contributed by atoms with Gasteiger partial charge in [-0.3, -0.25) is 9.52 Å². The maximum Gasteiger partial charge on any atom is 0.416 e. The van der Waals surface area contributed by atoms with Crippen LogP contribution in [0.15, 0.2) is 70.4 Å². The highest BCUT2D eigenvalue weighted by Crippen LogP contribution is 2.39. The SMILES string of the molecule is COc1ccccc1Oc1ccc(C(F)(F)F)cc1NS(=O)(=O)c1ccc2[nH]sc(=O)c2c1. The second-order valence-electron chi connectivity index (χ2n) is 6.77. The van der Waals surface area contributed by atoms with E-state index >= 15 is 0 Å². The average Bonchev–Trinajstić information content (AvgIpc) is 3.14. The van der Waals surface area contributed by atoms with Crippen molar-refractivity contribution in [2.45, 2.75) is 11.1 Å². The highest BCUT2D eigenvalue weighted by atomic mass is 32.2. The van der Waals surface area contributed by atoms with Gasteiger partial charge in [0.05, 0.1) is 34.2 Å². The third-order valence-corrected chi connectivity index (χ3v) is 6.71. The number of nitrogens with one attached hydrogen (secondary N) is 2. The van der Waals surface area contributed by atoms with Gasteiger partial charge < -0.3 is 13.8 Å². The molecule has 12 heteroatoms. The van der Waals surface area contributed by atoms with Gasteiger partial charge in [0.1, 0.15) is 0 Å². The number of hydrogen-bond donors (Lipinski definition) is 2. The molecular weight excluding hydrogens is 481 g/mol. The van der Waals surface area contributed by atoms with E-state index in [-0.39, 0.29) is 26.5 Å². The topological polar surface area (TPSA) is 97.5 Å². The molecule has 1 aromatic heterocycles. The quantitative estimate of drug-likeness (QED) is 0.382. The van der Waals surface area contributed by atoms with Crippen molar-refractivity contribution in [1.82, 2.24) is 4.37 Å². The monoisotopic (exact) mass is 496 g/mol. The Morgan fingerprint density at radius 1 is 0.970 bits per heavy atom. The van der Waals surface area contributed by atoms with Crippen LogP contribution in [-0.2, 0) is 16.2 Å². The summed E-state index contributed by atoms with van der Waals surface area (Å²) in [7, 11) is -2.98. The molecule has 0 radical (unpaired) electrons. The summed E-state index contributed by atoms with van der Waals surface area (Å²) in [6.45, 7) is 0. The van der Waals surface area contributed by atoms with Gasteiger partial charge in [-0.05, 0) is 60.1 Å². The van der Waals surface area contributed by atoms with Gasteiger partial charge in [0.25, 0.3) is 14.8 Å². The fourth-order valence-electron chi connectivity index (χ4n) is 3.01. The van der Waals surface area contributed by atoms with Gasteiger partial charge >= 0.3 is 6.18 Å². The van der Waals surface area contributed by atoms with E-state index in [2.05, 4.69) is 9.10 Å². The van der Waals surface area contributed by atoms with Gasteiger partial charge in [0.15, 0.2) is 17.2 Å². The second-order valence-corrected chi connectivity index (χ2v) is 9.23. The molecule has 0 aliphatic rings. The molecule has 0 saturated heterocycles. The number of hydrogen-bond acceptors (Lipinski definition) is 6. The Bertz CT molecular complexity index is 1490. The Morgan fingerprint density at radius 3 is 2.39 bits per heavy atom. The molecule has 4 aromatic rings. The maximum absolute atomic E-state index is 13.3. The zero-order valence-electron chi connectivity index (χ0n) is 16.8. The van der Waals surface area contributed by atoms with Crippen molar-refractivity contribution in [3.63, 3.8) is 0 Å². The van der Waals surface area contributed by atoms with Gasteiger partial charge in [-0.2, -0.15) is 13.2 Å². The van der Waals surface area contributed by atoms with Crippen molar-refractivity contribution >= 4 is 38.1 Å². The number of fused-ring (bicyclic) bond motifs is 1. The largest absolute Gasteiger partial charge is 0.493 e. The predicted molar refractivity (Wildman–Crippen MR) is 118 cm³/mol. The number of rotatable bonds is 6. The van der Waals surface area contributed by atoms with Crippen LogP contribution < -0.4 is 18.9 Å². The highest BCUT2D eigenvalue weighted by Gasteiger charge is 2.32. The Kier molecular flexibility index (Phi) is 5.80. The lowest BCUT2D eigenvalue weighted by atomic mass is 10.2. The third-order valence-electron chi connectivity index (χ3n) is 4.62. The zero-order valence-corrected chi connectivity index (χ0v) is 18.4. The molecule has 0 unspecified atom stereocenters. The fourth-order valence-corrected chi connectivity index (χ4v) is 4.75. The first kappa shape index (κ1) is 22.7. The number of anilines is 1. The summed E-state index contributed by atoms with van der Waals surface area (Å²) in [4.78, 5) is 11.6. The van der Waals surface area contributed by atoms with E-state index in [1.807, 2.05) is 0 Å². The van der Waals surface area contributed by atoms with Crippen LogP contribution in [0.1, 0.15) is 5.56 Å². The summed E-state index contributed by atoms with van der Waals surface area (Å²) in [5, 5.41) is 0.150. The molecule has 0 amide bonds. The molecule has 0 bridgehead atoms. The molecule has 0 spiro atoms. The first-order chi connectivity index (χ1) is 15.6. The lowest BCUT2D eigenvalue weighted by Crippen LogP contribution is -2.15. The highest BCUT2D eigenvalue weighted by molar-refractivity contribution is 7.92. The predicted octanol–water partition coefficient (Wildman–Crippen LogP) is 5.21. The van der Waals surface area contributed by atoms with Gasteiger partial charge in [-0.25, -0.2) is 8.42 Å². The average molecular weight is 496 g/mol. The van der Waals surface area contributed by atoms with E-state index < -0.39 is 27.5 Å². The first-order valence-corrected chi connectivity index (χ1v) is 11.5. The number of alkyl halides is 3. The summed E-state index contributed by atoms with van der Waals surface area (Å²) in [6, 6.07) is 12.6. The molecule has 0 saturated carbocycles. The van der Waals surface area contributed by atoms with Crippen molar-refractivity contribution in [2.75, 3.05) is 11.8 Å². The Morgan fingerprint density at radius 2 is 1.70 bits per heavy atom. The summed E-state index contributed by atoms with van der Waals surface area (Å²) in [5.74, 6) is 0.297. The number of para-hydroxylation sites is 2. The molecule has 1 heterocycles. The summed E-state index contributed by atoms with van der Waals surface area (Å²) in [5.41, 5.74) is -1.06. The van der Waals surface area contributed by atoms with E-state index in [9.17, 15) is 26.4 Å². The molecule has 172 valence electrons. The molecule has 0 aliphatic carbocycles. The minimum absolute atomic E-state index is 0.150. The van der Waals surface area contributed by atoms with E-state index in [0.717, 1.165) is 29.7 Å². The molecule has 3 aromatic carbocycles. The van der Waals surface area contributed by atoms with E-state index in [1.54, 1.807) is 18.2 Å². The Hall–Kier alpha value is -3.51. The molecule has 0 aliphatic heterocycles. The number of aromatic amines is 1. The van der Waals surface area contributed by atoms with Crippen LogP contribution in [0.3, 0.4) is 0 Å². The Labute approximate surface area is 189 Å². The first-order valence-electron chi connectivity index (χ1n) is 9.24. The number of methoxy groups -OCH3 is 1. The van der Waals surface area contributed by atoms with Gasteiger partial charge in [0.2, 0.25) is 0 Å². The smallest absolute Gasteiger partial charge is 0.416 e. The van der Waals surface area contributed by atoms with Gasteiger partial charge in [0, 0.05) is 0 Å². The van der Waals surface area contributed by atoms with Crippen molar-refractivity contribution in [3.05, 3.63) is 75.8 Å². The lowest BCUT2D eigenvalue weighted by molar-refractivity contribution is -0.137. The molecule has 0 fully saturated rings. The van der Waals surface area contributed by atoms with Crippen LogP contribution in [0.5, 0.6) is 17.2 Å². The molecule has 0 atom stereocenters. The molecule has 33 heavy (non-hydrogen) atoms. The minimum Gasteiger partial charge on any atom is -0.493 e. The number of aromatic nitrogens is 1. The maximum atomic E-state index is 13.3. The van der Waals surface area contributed by atoms with E-state index in [0.29, 0.717) is 17.3 Å². The van der Waals surface area contributed by atoms with Crippen LogP contribution in [-0.4, -0.2) is 19.9 Å². The lowest BCUT2D eigenvalue weighted by Gasteiger charge is -2.17. The standard InChI is InChI=1S/C21H15F3N2O5S2/c1-30-18-4-2-3-5-19(18)31-17-9-6-12(21(22,23)24)10-16(17)26-33(28,29)13-7-8-15-14(11-13)20(27)32-25-15/h2-11,25-26H,1H3. The number of sulfonamides is 1. The summed E-state index contributed by atoms with van der Waals surface area (Å²) in [6.07, 6.45) is -4.72. The fraction of sp³-hybridized carbons (Fsp3) is 0.0952. The summed E-state index contributed by atoms with van der Waals surface area (Å²) >= 11 is 0.800. The van der Waals surface area contributed by atoms with Crippen LogP contribution >= 0.6 is 11.5 Å². The van der Waals surface area contributed by atoms with Crippen LogP contribution in [0.2, 0.25) is 0 Å². The zero-order chi connectivity index (χ0) is 23.8. The minimum atomic E-state index is -4.72. The molecule has 7 nitrogen and oxygen atoms in total. The number of ether oxygens (including phenoxy) is 2. The summed E-state index contributed by atoms with van der Waals surface area (Å²) < 4.78 is 81.3. The van der Waals surface area contributed by atoms with Crippen LogP contribution in [0.25, 0.3) is 10.9 Å². The molecular formula is C21H15F3N2O5S2. The number of H-pyrrole nitrogens is 1. The van der Waals surface area contributed by atoms with Crippen molar-refractivity contribution in [1.29, 1.82) is 0 Å².